The highest BCUT2D eigenvalue weighted by Crippen LogP contribution is 2.53. The number of anilines is 1. The fourth-order valence-corrected chi connectivity index (χ4v) is 5.80. The first-order chi connectivity index (χ1) is 17.8. The normalized spacial score (nSPS) is 24.8. The molecule has 1 aromatic heterocycles. The number of alkyl halides is 3. The summed E-state index contributed by atoms with van der Waals surface area (Å²) in [6.07, 6.45) is 0.279. The minimum Gasteiger partial charge on any atom is -0.390 e. The lowest BCUT2D eigenvalue weighted by Gasteiger charge is -2.40. The first-order valence-electron chi connectivity index (χ1n) is 12.9. The third-order valence-corrected chi connectivity index (χ3v) is 7.89. The summed E-state index contributed by atoms with van der Waals surface area (Å²) >= 11 is 0. The molecule has 2 atom stereocenters. The summed E-state index contributed by atoms with van der Waals surface area (Å²) < 4.78 is 47.1. The van der Waals surface area contributed by atoms with Gasteiger partial charge < -0.3 is 15.2 Å². The third-order valence-electron chi connectivity index (χ3n) is 7.89. The van der Waals surface area contributed by atoms with Gasteiger partial charge in [0.15, 0.2) is 0 Å². The van der Waals surface area contributed by atoms with Crippen molar-refractivity contribution in [3.05, 3.63) is 46.6 Å². The molecule has 11 heteroatoms. The highest BCUT2D eigenvalue weighted by Gasteiger charge is 2.54. The zero-order valence-electron chi connectivity index (χ0n) is 20.2. The number of carbonyl (C=O) groups is 2. The van der Waals surface area contributed by atoms with Gasteiger partial charge in [-0.25, -0.2) is 4.68 Å². The van der Waals surface area contributed by atoms with Gasteiger partial charge in [0.2, 0.25) is 0 Å². The fraction of sp³-hybridized carbons (Fsp3) is 0.577. The van der Waals surface area contributed by atoms with Crippen LogP contribution in [0.25, 0.3) is 0 Å². The third kappa shape index (κ3) is 4.41. The Morgan fingerprint density at radius 2 is 1.84 bits per heavy atom. The molecule has 0 radical (unpaired) electrons. The zero-order valence-corrected chi connectivity index (χ0v) is 20.2. The summed E-state index contributed by atoms with van der Waals surface area (Å²) in [5.41, 5.74) is 0.212. The van der Waals surface area contributed by atoms with Crippen LogP contribution in [0.1, 0.15) is 77.7 Å². The lowest BCUT2D eigenvalue weighted by atomic mass is 9.82. The van der Waals surface area contributed by atoms with Crippen molar-refractivity contribution in [2.45, 2.75) is 75.4 Å². The average Bonchev–Trinajstić information content (AvgIpc) is 3.82. The van der Waals surface area contributed by atoms with Gasteiger partial charge in [0, 0.05) is 36.3 Å². The SMILES string of the molecule is O=C(N[C@@H]1C(=O)N(C2CC2)c2c(c(CO)nn2C2CCOCC2)[C@@H]1C1CC1)c1cccc(C(F)(F)F)c1. The number of amides is 2. The second-order valence-corrected chi connectivity index (χ2v) is 10.5. The van der Waals surface area contributed by atoms with Gasteiger partial charge in [-0.2, -0.15) is 18.3 Å². The lowest BCUT2D eigenvalue weighted by molar-refractivity contribution is -0.137. The maximum absolute atomic E-state index is 14.0. The summed E-state index contributed by atoms with van der Waals surface area (Å²) in [6.45, 7) is 0.877. The number of ether oxygens (including phenoxy) is 1. The van der Waals surface area contributed by atoms with Gasteiger partial charge in [-0.15, -0.1) is 0 Å². The van der Waals surface area contributed by atoms with E-state index in [0.717, 1.165) is 56.2 Å². The van der Waals surface area contributed by atoms with Crippen molar-refractivity contribution >= 4 is 17.6 Å². The number of aromatic nitrogens is 2. The van der Waals surface area contributed by atoms with Crippen LogP contribution in [0.3, 0.4) is 0 Å². The molecule has 1 aromatic carbocycles. The number of hydrogen-bond acceptors (Lipinski definition) is 5. The number of aliphatic hydroxyl groups excluding tert-OH is 1. The standard InChI is InChI=1S/C26H29F3N4O4/c27-26(28,29)16-3-1-2-15(12-16)23(35)30-22-20(14-4-5-14)21-19(13-34)31-33(18-8-10-37-11-9-18)24(21)32(25(22)36)17-6-7-17/h1-3,12,14,17-18,20,22,34H,4-11,13H2,(H,30,35)/t20-,22-/m0/s1. The second kappa shape index (κ2) is 9.13. The number of aliphatic hydroxyl groups is 1. The molecule has 8 nitrogen and oxygen atoms in total. The lowest BCUT2D eigenvalue weighted by Crippen LogP contribution is -2.56. The Bertz CT molecular complexity index is 1210. The molecule has 1 saturated heterocycles. The molecular formula is C26H29F3N4O4. The van der Waals surface area contributed by atoms with E-state index in [1.165, 1.54) is 12.1 Å². The van der Waals surface area contributed by atoms with E-state index in [0.29, 0.717) is 24.7 Å². The molecule has 37 heavy (non-hydrogen) atoms. The Kier molecular flexibility index (Phi) is 6.02. The number of nitrogens with zero attached hydrogens (tertiary/aromatic N) is 3. The van der Waals surface area contributed by atoms with E-state index >= 15 is 0 Å². The van der Waals surface area contributed by atoms with Gasteiger partial charge in [-0.1, -0.05) is 6.07 Å². The maximum Gasteiger partial charge on any atom is 0.416 e. The minimum absolute atomic E-state index is 0.0267. The summed E-state index contributed by atoms with van der Waals surface area (Å²) in [6, 6.07) is 3.29. The number of benzene rings is 1. The van der Waals surface area contributed by atoms with E-state index in [4.69, 9.17) is 9.84 Å². The molecule has 198 valence electrons. The van der Waals surface area contributed by atoms with Gasteiger partial charge in [0.05, 0.1) is 23.9 Å². The van der Waals surface area contributed by atoms with E-state index in [1.54, 1.807) is 4.90 Å². The van der Waals surface area contributed by atoms with Gasteiger partial charge in [0.1, 0.15) is 11.9 Å². The van der Waals surface area contributed by atoms with Crippen LogP contribution in [-0.2, 0) is 22.3 Å². The van der Waals surface area contributed by atoms with Crippen molar-refractivity contribution in [1.29, 1.82) is 0 Å². The summed E-state index contributed by atoms with van der Waals surface area (Å²) in [7, 11) is 0. The predicted octanol–water partition coefficient (Wildman–Crippen LogP) is 3.55. The quantitative estimate of drug-likeness (QED) is 0.610. The molecule has 0 unspecified atom stereocenters. The average molecular weight is 519 g/mol. The van der Waals surface area contributed by atoms with Gasteiger partial charge >= 0.3 is 6.18 Å². The van der Waals surface area contributed by atoms with Crippen molar-refractivity contribution in [1.82, 2.24) is 15.1 Å². The minimum atomic E-state index is -4.58. The predicted molar refractivity (Wildman–Crippen MR) is 126 cm³/mol. The molecular weight excluding hydrogens is 489 g/mol. The Labute approximate surface area is 211 Å². The molecule has 2 aliphatic carbocycles. The molecule has 2 N–H and O–H groups in total. The monoisotopic (exact) mass is 518 g/mol. The largest absolute Gasteiger partial charge is 0.416 e. The highest BCUT2D eigenvalue weighted by atomic mass is 19.4. The van der Waals surface area contributed by atoms with E-state index in [9.17, 15) is 27.9 Å². The van der Waals surface area contributed by atoms with Gasteiger partial charge in [-0.3, -0.25) is 14.5 Å². The number of halogens is 3. The summed E-state index contributed by atoms with van der Waals surface area (Å²) in [5, 5.41) is 17.9. The van der Waals surface area contributed by atoms with Gasteiger partial charge in [-0.05, 0) is 62.6 Å². The molecule has 0 bridgehead atoms. The van der Waals surface area contributed by atoms with Crippen LogP contribution < -0.4 is 10.2 Å². The topological polar surface area (TPSA) is 96.7 Å². The van der Waals surface area contributed by atoms with Crippen molar-refractivity contribution in [2.24, 2.45) is 5.92 Å². The molecule has 6 rings (SSSR count). The summed E-state index contributed by atoms with van der Waals surface area (Å²) in [5.74, 6) is -0.553. The van der Waals surface area contributed by atoms with Gasteiger partial charge in [0.25, 0.3) is 11.8 Å². The highest BCUT2D eigenvalue weighted by molar-refractivity contribution is 6.05. The number of hydrogen-bond donors (Lipinski definition) is 2. The molecule has 3 fully saturated rings. The van der Waals surface area contributed by atoms with Crippen LogP contribution >= 0.6 is 0 Å². The van der Waals surface area contributed by atoms with Crippen LogP contribution in [-0.4, -0.2) is 52.0 Å². The van der Waals surface area contributed by atoms with Crippen molar-refractivity contribution in [3.63, 3.8) is 0 Å². The van der Waals surface area contributed by atoms with Crippen LogP contribution in [0.2, 0.25) is 0 Å². The van der Waals surface area contributed by atoms with Crippen molar-refractivity contribution in [3.8, 4) is 0 Å². The van der Waals surface area contributed by atoms with E-state index < -0.39 is 29.6 Å². The molecule has 2 aromatic rings. The Morgan fingerprint density at radius 3 is 2.46 bits per heavy atom. The first-order valence-corrected chi connectivity index (χ1v) is 12.9. The van der Waals surface area contributed by atoms with E-state index in [1.807, 2.05) is 4.68 Å². The second-order valence-electron chi connectivity index (χ2n) is 10.5. The molecule has 4 aliphatic rings. The molecule has 2 saturated carbocycles. The smallest absolute Gasteiger partial charge is 0.390 e. The molecule has 2 amide bonds. The number of fused-ring (bicyclic) bond motifs is 1. The fourth-order valence-electron chi connectivity index (χ4n) is 5.80. The number of nitrogens with one attached hydrogen (secondary N) is 1. The maximum atomic E-state index is 14.0. The van der Waals surface area contributed by atoms with E-state index in [-0.39, 0.29) is 36.1 Å². The van der Waals surface area contributed by atoms with E-state index in [2.05, 4.69) is 5.32 Å². The van der Waals surface area contributed by atoms with Crippen molar-refractivity contribution < 1.29 is 32.6 Å². The first kappa shape index (κ1) is 24.4. The zero-order chi connectivity index (χ0) is 25.9. The number of carbonyl (C=O) groups excluding carboxylic acids is 2. The molecule has 2 aliphatic heterocycles. The van der Waals surface area contributed by atoms with Crippen LogP contribution in [0.5, 0.6) is 0 Å². The Hall–Kier alpha value is -2.92. The summed E-state index contributed by atoms with van der Waals surface area (Å²) in [4.78, 5) is 29.0. The molecule has 0 spiro atoms. The van der Waals surface area contributed by atoms with Crippen LogP contribution in [0, 0.1) is 5.92 Å². The molecule has 3 heterocycles. The van der Waals surface area contributed by atoms with Crippen molar-refractivity contribution in [2.75, 3.05) is 18.1 Å². The van der Waals surface area contributed by atoms with Crippen LogP contribution in [0.15, 0.2) is 24.3 Å². The number of rotatable bonds is 6. The Balaban J connectivity index is 1.40. The van der Waals surface area contributed by atoms with Crippen LogP contribution in [0.4, 0.5) is 19.0 Å². The Morgan fingerprint density at radius 1 is 1.11 bits per heavy atom.